The van der Waals surface area contributed by atoms with Gasteiger partial charge in [0.25, 0.3) is 0 Å². The number of alkyl halides is 3. The summed E-state index contributed by atoms with van der Waals surface area (Å²) in [5.74, 6) is -0.614. The minimum absolute atomic E-state index is 0.0690. The summed E-state index contributed by atoms with van der Waals surface area (Å²) in [6.07, 6.45) is 0.188. The minimum atomic E-state index is -4.78. The number of likely N-dealkylation sites (N-methyl/N-ethyl adjacent to an activating group) is 1. The van der Waals surface area contributed by atoms with Gasteiger partial charge in [-0.3, -0.25) is 9.78 Å². The van der Waals surface area contributed by atoms with Gasteiger partial charge in [-0.15, -0.1) is 13.2 Å². The van der Waals surface area contributed by atoms with Crippen molar-refractivity contribution in [1.29, 1.82) is 0 Å². The molecule has 0 N–H and O–H groups in total. The third-order valence-corrected chi connectivity index (χ3v) is 4.18. The molecule has 2 heterocycles. The first kappa shape index (κ1) is 20.4. The summed E-state index contributed by atoms with van der Waals surface area (Å²) < 4.78 is 42.8. The highest BCUT2D eigenvalue weighted by atomic mass is 19.4. The first-order valence-corrected chi connectivity index (χ1v) is 8.88. The number of ether oxygens (including phenoxy) is 1. The van der Waals surface area contributed by atoms with Crippen LogP contribution in [0.5, 0.6) is 5.75 Å². The molecular weight excluding hydrogens is 385 g/mol. The molecule has 3 aromatic rings. The lowest BCUT2D eigenvalue weighted by Gasteiger charge is -2.20. The number of carbonyl (C=O) groups excluding carboxylic acids is 1. The maximum absolute atomic E-state index is 12.9. The number of nitrogens with zero attached hydrogens (tertiary/aromatic N) is 4. The van der Waals surface area contributed by atoms with E-state index in [0.717, 1.165) is 5.69 Å². The largest absolute Gasteiger partial charge is 0.573 e. The van der Waals surface area contributed by atoms with E-state index >= 15 is 0 Å². The highest BCUT2D eigenvalue weighted by Crippen LogP contribution is 2.25. The van der Waals surface area contributed by atoms with E-state index in [1.165, 1.54) is 18.2 Å². The minimum Gasteiger partial charge on any atom is -0.406 e. The highest BCUT2D eigenvalue weighted by Gasteiger charge is 2.31. The van der Waals surface area contributed by atoms with Gasteiger partial charge >= 0.3 is 6.36 Å². The second kappa shape index (κ2) is 8.34. The molecule has 0 bridgehead atoms. The van der Waals surface area contributed by atoms with E-state index in [9.17, 15) is 18.0 Å². The van der Waals surface area contributed by atoms with Crippen LogP contribution in [-0.4, -0.2) is 33.6 Å². The molecule has 6 nitrogen and oxygen atoms in total. The van der Waals surface area contributed by atoms with Crippen LogP contribution in [0.1, 0.15) is 18.2 Å². The van der Waals surface area contributed by atoms with Crippen molar-refractivity contribution in [2.75, 3.05) is 11.4 Å². The Labute approximate surface area is 165 Å². The fourth-order valence-electron chi connectivity index (χ4n) is 2.94. The molecule has 0 atom stereocenters. The van der Waals surface area contributed by atoms with Crippen molar-refractivity contribution in [2.45, 2.75) is 26.6 Å². The maximum atomic E-state index is 12.9. The van der Waals surface area contributed by atoms with Gasteiger partial charge in [-0.2, -0.15) is 5.10 Å². The SMILES string of the molecule is CCN(C(=O)Cc1cccc(OC(F)(F)F)c1)c1cn(-c2cccnc2)nc1C. The van der Waals surface area contributed by atoms with Gasteiger partial charge in [0.2, 0.25) is 5.91 Å². The van der Waals surface area contributed by atoms with E-state index in [-0.39, 0.29) is 18.1 Å². The number of rotatable bonds is 6. The smallest absolute Gasteiger partial charge is 0.406 e. The van der Waals surface area contributed by atoms with Crippen molar-refractivity contribution in [3.63, 3.8) is 0 Å². The van der Waals surface area contributed by atoms with Crippen LogP contribution in [0.25, 0.3) is 5.69 Å². The number of amides is 1. The number of anilines is 1. The van der Waals surface area contributed by atoms with E-state index in [0.29, 0.717) is 23.5 Å². The average molecular weight is 404 g/mol. The molecule has 152 valence electrons. The summed E-state index contributed by atoms with van der Waals surface area (Å²) in [5, 5.41) is 4.43. The molecule has 29 heavy (non-hydrogen) atoms. The van der Waals surface area contributed by atoms with E-state index in [2.05, 4.69) is 14.8 Å². The van der Waals surface area contributed by atoms with Crippen LogP contribution in [0.4, 0.5) is 18.9 Å². The lowest BCUT2D eigenvalue weighted by atomic mass is 10.1. The zero-order valence-electron chi connectivity index (χ0n) is 15.8. The molecule has 0 aliphatic heterocycles. The molecule has 0 fully saturated rings. The van der Waals surface area contributed by atoms with Crippen molar-refractivity contribution in [3.05, 3.63) is 66.2 Å². The fraction of sp³-hybridized carbons (Fsp3) is 0.250. The van der Waals surface area contributed by atoms with Crippen LogP contribution >= 0.6 is 0 Å². The lowest BCUT2D eigenvalue weighted by molar-refractivity contribution is -0.274. The van der Waals surface area contributed by atoms with Crippen molar-refractivity contribution in [2.24, 2.45) is 0 Å². The molecule has 0 radical (unpaired) electrons. The van der Waals surface area contributed by atoms with Gasteiger partial charge in [-0.05, 0) is 43.7 Å². The van der Waals surface area contributed by atoms with Crippen LogP contribution in [0.2, 0.25) is 0 Å². The Bertz CT molecular complexity index is 987. The second-order valence-corrected chi connectivity index (χ2v) is 6.27. The maximum Gasteiger partial charge on any atom is 0.573 e. The summed E-state index contributed by atoms with van der Waals surface area (Å²) in [6.45, 7) is 4.00. The van der Waals surface area contributed by atoms with Gasteiger partial charge < -0.3 is 9.64 Å². The number of benzene rings is 1. The van der Waals surface area contributed by atoms with Gasteiger partial charge in [0.1, 0.15) is 5.75 Å². The Morgan fingerprint density at radius 3 is 2.69 bits per heavy atom. The topological polar surface area (TPSA) is 60.2 Å². The first-order valence-electron chi connectivity index (χ1n) is 8.88. The van der Waals surface area contributed by atoms with E-state index in [1.54, 1.807) is 47.2 Å². The molecule has 3 rings (SSSR count). The van der Waals surface area contributed by atoms with Crippen LogP contribution < -0.4 is 9.64 Å². The predicted octanol–water partition coefficient (Wildman–Crippen LogP) is 4.07. The van der Waals surface area contributed by atoms with Crippen LogP contribution in [0, 0.1) is 6.92 Å². The standard InChI is InChI=1S/C20H19F3N4O2/c1-3-26(18-13-27(25-14(18)2)16-7-5-9-24-12-16)19(28)11-15-6-4-8-17(10-15)29-20(21,22)23/h4-10,12-13H,3,11H2,1-2H3. The number of halogens is 3. The van der Waals surface area contributed by atoms with Crippen molar-refractivity contribution in [1.82, 2.24) is 14.8 Å². The third-order valence-electron chi connectivity index (χ3n) is 4.18. The number of aryl methyl sites for hydroxylation is 1. The summed E-state index contributed by atoms with van der Waals surface area (Å²) in [4.78, 5) is 18.5. The van der Waals surface area contributed by atoms with Gasteiger partial charge in [-0.1, -0.05) is 12.1 Å². The number of aromatic nitrogens is 3. The summed E-state index contributed by atoms with van der Waals surface area (Å²) in [7, 11) is 0. The average Bonchev–Trinajstić information content (AvgIpc) is 3.03. The van der Waals surface area contributed by atoms with Gasteiger partial charge in [0, 0.05) is 12.7 Å². The molecule has 0 spiro atoms. The Morgan fingerprint density at radius 2 is 2.03 bits per heavy atom. The molecule has 1 aromatic carbocycles. The number of hydrogen-bond acceptors (Lipinski definition) is 4. The zero-order chi connectivity index (χ0) is 21.0. The molecule has 1 amide bonds. The van der Waals surface area contributed by atoms with Crippen LogP contribution in [0.15, 0.2) is 55.0 Å². The van der Waals surface area contributed by atoms with E-state index in [4.69, 9.17) is 0 Å². The van der Waals surface area contributed by atoms with E-state index in [1.807, 2.05) is 13.0 Å². The van der Waals surface area contributed by atoms with Crippen LogP contribution in [-0.2, 0) is 11.2 Å². The summed E-state index contributed by atoms with van der Waals surface area (Å²) >= 11 is 0. The molecule has 0 unspecified atom stereocenters. The van der Waals surface area contributed by atoms with Crippen molar-refractivity contribution >= 4 is 11.6 Å². The van der Waals surface area contributed by atoms with Crippen LogP contribution in [0.3, 0.4) is 0 Å². The molecule has 0 aliphatic rings. The number of pyridine rings is 1. The molecule has 9 heteroatoms. The first-order chi connectivity index (χ1) is 13.8. The molecule has 0 saturated heterocycles. The van der Waals surface area contributed by atoms with E-state index < -0.39 is 6.36 Å². The molecule has 2 aromatic heterocycles. The third kappa shape index (κ3) is 5.13. The second-order valence-electron chi connectivity index (χ2n) is 6.27. The lowest BCUT2D eigenvalue weighted by Crippen LogP contribution is -2.32. The fourth-order valence-corrected chi connectivity index (χ4v) is 2.94. The number of hydrogen-bond donors (Lipinski definition) is 0. The zero-order valence-corrected chi connectivity index (χ0v) is 15.8. The monoisotopic (exact) mass is 404 g/mol. The highest BCUT2D eigenvalue weighted by molar-refractivity contribution is 5.95. The van der Waals surface area contributed by atoms with Crippen molar-refractivity contribution in [3.8, 4) is 11.4 Å². The normalized spacial score (nSPS) is 11.3. The summed E-state index contributed by atoms with van der Waals surface area (Å²) in [5.41, 5.74) is 2.46. The summed E-state index contributed by atoms with van der Waals surface area (Å²) in [6, 6.07) is 9.04. The Balaban J connectivity index is 1.80. The Kier molecular flexibility index (Phi) is 5.86. The van der Waals surface area contributed by atoms with Gasteiger partial charge in [0.05, 0.1) is 35.9 Å². The Morgan fingerprint density at radius 1 is 1.24 bits per heavy atom. The van der Waals surface area contributed by atoms with Crippen molar-refractivity contribution < 1.29 is 22.7 Å². The molecular formula is C20H19F3N4O2. The van der Waals surface area contributed by atoms with Gasteiger partial charge in [0.15, 0.2) is 0 Å². The predicted molar refractivity (Wildman–Crippen MR) is 101 cm³/mol. The molecule has 0 saturated carbocycles. The number of carbonyl (C=O) groups is 1. The Hall–Kier alpha value is -3.36. The van der Waals surface area contributed by atoms with Gasteiger partial charge in [-0.25, -0.2) is 4.68 Å². The quantitative estimate of drug-likeness (QED) is 0.622. The molecule has 0 aliphatic carbocycles.